The third-order valence-corrected chi connectivity index (χ3v) is 14.7. The third-order valence-electron chi connectivity index (χ3n) is 14.7. The molecule has 3 aliphatic carbocycles. The van der Waals surface area contributed by atoms with Crippen LogP contribution in [0.5, 0.6) is 0 Å². The predicted molar refractivity (Wildman–Crippen MR) is 271 cm³/mol. The van der Waals surface area contributed by atoms with Crippen LogP contribution in [0.25, 0.3) is 66.8 Å². The van der Waals surface area contributed by atoms with Gasteiger partial charge in [0.2, 0.25) is 0 Å². The maximum Gasteiger partial charge on any atom is 0.0726 e. The molecular formula is C64H45N. The van der Waals surface area contributed by atoms with Gasteiger partial charge in [0.15, 0.2) is 0 Å². The molecule has 10 aromatic rings. The minimum absolute atomic E-state index is 0.143. The highest BCUT2D eigenvalue weighted by Crippen LogP contribution is 2.66. The Labute approximate surface area is 381 Å². The van der Waals surface area contributed by atoms with Gasteiger partial charge in [0.1, 0.15) is 0 Å². The fourth-order valence-electron chi connectivity index (χ4n) is 11.9. The van der Waals surface area contributed by atoms with Crippen LogP contribution in [0, 0.1) is 0 Å². The number of fused-ring (bicyclic) bond motifs is 13. The van der Waals surface area contributed by atoms with E-state index in [2.05, 4.69) is 255 Å². The van der Waals surface area contributed by atoms with Crippen LogP contribution in [0.15, 0.2) is 237 Å². The molecule has 0 fully saturated rings. The highest BCUT2D eigenvalue weighted by Gasteiger charge is 2.53. The van der Waals surface area contributed by atoms with E-state index in [0.29, 0.717) is 0 Å². The summed E-state index contributed by atoms with van der Waals surface area (Å²) in [5.41, 5.74) is 26.0. The van der Waals surface area contributed by atoms with E-state index in [1.54, 1.807) is 0 Å². The molecule has 13 rings (SSSR count). The van der Waals surface area contributed by atoms with Gasteiger partial charge in [0, 0.05) is 22.2 Å². The maximum absolute atomic E-state index is 2.56. The molecule has 1 nitrogen and oxygen atoms in total. The molecule has 0 N–H and O–H groups in total. The summed E-state index contributed by atoms with van der Waals surface area (Å²) in [6.45, 7) is 4.75. The van der Waals surface area contributed by atoms with Crippen LogP contribution in [-0.2, 0) is 10.8 Å². The summed E-state index contributed by atoms with van der Waals surface area (Å²) in [4.78, 5) is 2.56. The molecule has 0 amide bonds. The van der Waals surface area contributed by atoms with Gasteiger partial charge in [-0.3, -0.25) is 0 Å². The second-order valence-corrected chi connectivity index (χ2v) is 18.3. The lowest BCUT2D eigenvalue weighted by Gasteiger charge is -2.33. The summed E-state index contributed by atoms with van der Waals surface area (Å²) in [6, 6.07) is 88.2. The Kier molecular flexibility index (Phi) is 8.24. The first-order valence-electron chi connectivity index (χ1n) is 22.8. The molecule has 0 bridgehead atoms. The zero-order chi connectivity index (χ0) is 43.3. The molecule has 65 heavy (non-hydrogen) atoms. The summed E-state index contributed by atoms with van der Waals surface area (Å²) in [7, 11) is 0. The summed E-state index contributed by atoms with van der Waals surface area (Å²) in [6.07, 6.45) is 0. The first-order chi connectivity index (χ1) is 32.0. The summed E-state index contributed by atoms with van der Waals surface area (Å²) in [5, 5.41) is 0. The minimum Gasteiger partial charge on any atom is -0.309 e. The zero-order valence-electron chi connectivity index (χ0n) is 36.5. The van der Waals surface area contributed by atoms with E-state index in [4.69, 9.17) is 0 Å². The van der Waals surface area contributed by atoms with Gasteiger partial charge in [-0.1, -0.05) is 220 Å². The number of hydrogen-bond donors (Lipinski definition) is 0. The number of anilines is 3. The van der Waals surface area contributed by atoms with Crippen LogP contribution in [0.2, 0.25) is 0 Å². The minimum atomic E-state index is -0.531. The van der Waals surface area contributed by atoms with Crippen molar-refractivity contribution in [2.75, 3.05) is 4.90 Å². The molecule has 0 heterocycles. The Morgan fingerprint density at radius 1 is 0.277 bits per heavy atom. The third kappa shape index (κ3) is 5.33. The SMILES string of the molecule is CC1(C)c2ccccc2-c2c(N(c3ccc(-c4ccccc4)cc3)c3cccc4c3-c3ccccc3C43c4ccccc4-c4c(-c5cccc(-c6ccccc6)c5)cccc43)cccc21. The van der Waals surface area contributed by atoms with E-state index >= 15 is 0 Å². The van der Waals surface area contributed by atoms with Crippen molar-refractivity contribution in [3.63, 3.8) is 0 Å². The smallest absolute Gasteiger partial charge is 0.0726 e. The van der Waals surface area contributed by atoms with Crippen LogP contribution in [-0.4, -0.2) is 0 Å². The maximum atomic E-state index is 2.56. The molecule has 1 spiro atoms. The van der Waals surface area contributed by atoms with Crippen molar-refractivity contribution in [3.8, 4) is 66.8 Å². The fourth-order valence-corrected chi connectivity index (χ4v) is 11.9. The van der Waals surface area contributed by atoms with Gasteiger partial charge in [-0.25, -0.2) is 0 Å². The number of benzene rings is 10. The lowest BCUT2D eigenvalue weighted by Crippen LogP contribution is -2.26. The lowest BCUT2D eigenvalue weighted by atomic mass is 9.70. The molecular weight excluding hydrogens is 783 g/mol. The van der Waals surface area contributed by atoms with Crippen molar-refractivity contribution in [2.24, 2.45) is 0 Å². The molecule has 0 aromatic heterocycles. The van der Waals surface area contributed by atoms with Gasteiger partial charge >= 0.3 is 0 Å². The zero-order valence-corrected chi connectivity index (χ0v) is 36.5. The average Bonchev–Trinajstić information content (AvgIpc) is 3.94. The van der Waals surface area contributed by atoms with Gasteiger partial charge < -0.3 is 4.90 Å². The van der Waals surface area contributed by atoms with E-state index in [9.17, 15) is 0 Å². The average molecular weight is 828 g/mol. The Bertz CT molecular complexity index is 3510. The van der Waals surface area contributed by atoms with Gasteiger partial charge in [0.05, 0.1) is 16.8 Å². The largest absolute Gasteiger partial charge is 0.309 e. The molecule has 10 aromatic carbocycles. The van der Waals surface area contributed by atoms with E-state index in [1.165, 1.54) is 112 Å². The Hall–Kier alpha value is -8.00. The van der Waals surface area contributed by atoms with Gasteiger partial charge in [-0.05, 0) is 119 Å². The second kappa shape index (κ2) is 14.3. The molecule has 0 saturated carbocycles. The molecule has 0 saturated heterocycles. The van der Waals surface area contributed by atoms with Crippen LogP contribution < -0.4 is 4.90 Å². The standard InChI is InChI=1S/C64H45N/c1-63(2)52-29-12-9-25-49(52)61-55(63)32-17-35-58(61)65(47-39-37-44(38-40-47)42-19-5-3-6-20-42)59-36-18-34-57-62(59)51-27-11-14-31-54(51)64(57)53-30-13-10-26-50(53)60-48(28-16-33-56(60)64)46-24-15-23-45(41-46)43-21-7-4-8-22-43/h3-41H,1-2H3. The first-order valence-corrected chi connectivity index (χ1v) is 22.8. The molecule has 3 aliphatic rings. The summed E-state index contributed by atoms with van der Waals surface area (Å²) < 4.78 is 0. The van der Waals surface area contributed by atoms with E-state index in [1.807, 2.05) is 0 Å². The monoisotopic (exact) mass is 827 g/mol. The van der Waals surface area contributed by atoms with Gasteiger partial charge in [0.25, 0.3) is 0 Å². The number of hydrogen-bond acceptors (Lipinski definition) is 1. The Morgan fingerprint density at radius 3 is 1.32 bits per heavy atom. The van der Waals surface area contributed by atoms with Gasteiger partial charge in [-0.15, -0.1) is 0 Å². The second-order valence-electron chi connectivity index (χ2n) is 18.3. The van der Waals surface area contributed by atoms with Crippen molar-refractivity contribution in [1.82, 2.24) is 0 Å². The summed E-state index contributed by atoms with van der Waals surface area (Å²) in [5.74, 6) is 0. The van der Waals surface area contributed by atoms with E-state index in [-0.39, 0.29) is 5.41 Å². The van der Waals surface area contributed by atoms with Crippen LogP contribution in [0.3, 0.4) is 0 Å². The van der Waals surface area contributed by atoms with Crippen molar-refractivity contribution >= 4 is 17.1 Å². The van der Waals surface area contributed by atoms with Crippen molar-refractivity contribution < 1.29 is 0 Å². The highest BCUT2D eigenvalue weighted by molar-refractivity contribution is 6.05. The molecule has 0 aliphatic heterocycles. The van der Waals surface area contributed by atoms with E-state index in [0.717, 1.165) is 5.69 Å². The Morgan fingerprint density at radius 2 is 0.677 bits per heavy atom. The summed E-state index contributed by atoms with van der Waals surface area (Å²) >= 11 is 0. The van der Waals surface area contributed by atoms with E-state index < -0.39 is 5.41 Å². The predicted octanol–water partition coefficient (Wildman–Crippen LogP) is 16.8. The molecule has 1 atom stereocenters. The van der Waals surface area contributed by atoms with Crippen molar-refractivity contribution in [1.29, 1.82) is 0 Å². The lowest BCUT2D eigenvalue weighted by molar-refractivity contribution is 0.660. The quantitative estimate of drug-likeness (QED) is 0.161. The molecule has 306 valence electrons. The highest BCUT2D eigenvalue weighted by atomic mass is 15.1. The van der Waals surface area contributed by atoms with Crippen molar-refractivity contribution in [3.05, 3.63) is 270 Å². The topological polar surface area (TPSA) is 3.24 Å². The molecule has 1 heteroatoms. The molecule has 0 radical (unpaired) electrons. The van der Waals surface area contributed by atoms with Crippen molar-refractivity contribution in [2.45, 2.75) is 24.7 Å². The number of rotatable bonds is 6. The molecule has 1 unspecified atom stereocenters. The van der Waals surface area contributed by atoms with Crippen LogP contribution in [0.1, 0.15) is 47.2 Å². The van der Waals surface area contributed by atoms with Gasteiger partial charge in [-0.2, -0.15) is 0 Å². The van der Waals surface area contributed by atoms with Crippen LogP contribution in [0.4, 0.5) is 17.1 Å². The van der Waals surface area contributed by atoms with Crippen LogP contribution >= 0.6 is 0 Å². The first kappa shape index (κ1) is 37.5. The Balaban J connectivity index is 1.08. The normalized spacial score (nSPS) is 15.4. The number of nitrogens with zero attached hydrogens (tertiary/aromatic N) is 1. The fraction of sp³-hybridized carbons (Fsp3) is 0.0625.